The molecule has 1 atom stereocenters. The molecule has 11 heteroatoms. The van der Waals surface area contributed by atoms with Crippen LogP contribution in [0.3, 0.4) is 0 Å². The van der Waals surface area contributed by atoms with Crippen molar-refractivity contribution in [2.75, 3.05) is 17.7 Å². The number of carbonyl (C=O) groups is 1. The van der Waals surface area contributed by atoms with Crippen molar-refractivity contribution in [1.29, 1.82) is 0 Å². The van der Waals surface area contributed by atoms with Crippen LogP contribution >= 0.6 is 0 Å². The van der Waals surface area contributed by atoms with Crippen LogP contribution in [0.4, 0.5) is 5.69 Å². The fourth-order valence-electron chi connectivity index (χ4n) is 1.07. The summed E-state index contributed by atoms with van der Waals surface area (Å²) in [5, 5.41) is 19.4. The summed E-state index contributed by atoms with van der Waals surface area (Å²) in [6.45, 7) is 0.949. The van der Waals surface area contributed by atoms with Gasteiger partial charge in [-0.15, -0.1) is 0 Å². The molecule has 9 nitrogen and oxygen atoms in total. The van der Waals surface area contributed by atoms with E-state index >= 15 is 0 Å². The Bertz CT molecular complexity index is 558. The van der Waals surface area contributed by atoms with Gasteiger partial charge >= 0.3 is 88.1 Å². The summed E-state index contributed by atoms with van der Waals surface area (Å²) < 4.78 is 47.5. The molecule has 0 aliphatic carbocycles. The first kappa shape index (κ1) is 19.8. The third kappa shape index (κ3) is 8.66. The van der Waals surface area contributed by atoms with Crippen molar-refractivity contribution in [2.24, 2.45) is 0 Å². The van der Waals surface area contributed by atoms with Gasteiger partial charge in [0.2, 0.25) is 0 Å². The minimum atomic E-state index is -4.98. The second-order valence-corrected chi connectivity index (χ2v) is 8.04. The molecular formula is C10H15AsNO8S-. The van der Waals surface area contributed by atoms with E-state index in [0.717, 1.165) is 18.2 Å². The normalized spacial score (nSPS) is 12.0. The van der Waals surface area contributed by atoms with Gasteiger partial charge in [0.1, 0.15) is 0 Å². The van der Waals surface area contributed by atoms with E-state index in [1.165, 1.54) is 6.92 Å². The largest absolute Gasteiger partial charge is 0.772 e. The fraction of sp³-hybridized carbons (Fsp3) is 0.300. The van der Waals surface area contributed by atoms with E-state index in [-0.39, 0.29) is 28.1 Å². The molecule has 0 spiro atoms. The van der Waals surface area contributed by atoms with E-state index in [2.05, 4.69) is 5.32 Å². The Morgan fingerprint density at radius 1 is 1.43 bits per heavy atom. The number of phenolic OH excluding ortho intramolecular Hbond substituents is 1. The van der Waals surface area contributed by atoms with E-state index in [9.17, 15) is 22.4 Å². The zero-order valence-electron chi connectivity index (χ0n) is 10.9. The van der Waals surface area contributed by atoms with Gasteiger partial charge in [0, 0.05) is 5.75 Å². The number of carbonyl (C=O) groups excluding carboxylic acids is 1. The molecule has 0 saturated carbocycles. The van der Waals surface area contributed by atoms with Gasteiger partial charge in [0.15, 0.2) is 0 Å². The average Bonchev–Trinajstić information content (AvgIpc) is 2.30. The molecule has 1 rings (SSSR count). The van der Waals surface area contributed by atoms with Crippen LogP contribution < -0.4 is 9.67 Å². The molecule has 1 aromatic carbocycles. The zero-order valence-corrected chi connectivity index (χ0v) is 13.6. The first-order chi connectivity index (χ1) is 9.57. The van der Waals surface area contributed by atoms with Crippen LogP contribution in [0.1, 0.15) is 6.92 Å². The van der Waals surface area contributed by atoms with Gasteiger partial charge in [-0.3, -0.25) is 4.21 Å². The van der Waals surface area contributed by atoms with E-state index in [1.807, 2.05) is 0 Å². The van der Waals surface area contributed by atoms with Crippen molar-refractivity contribution in [2.45, 2.75) is 6.92 Å². The first-order valence-corrected chi connectivity index (χ1v) is 10.0. The standard InChI is InChI=1S/C8H10AsNO5.C2H6O3S/c1-5(11)10-7-4-6(9(13,14)15)2-3-8(7)12;3-1-2-6(4)5/h2-4,12H,1H3,(H,10,11)(H2,13,14,15);3H,1-2H2,(H,4,5)/p-1. The molecule has 0 aliphatic rings. The molecule has 0 saturated heterocycles. The zero-order chi connectivity index (χ0) is 16.6. The Balaban J connectivity index is 0.000000567. The second-order valence-electron chi connectivity index (χ2n) is 3.66. The number of aliphatic hydroxyl groups excluding tert-OH is 1. The predicted octanol–water partition coefficient (Wildman–Crippen LogP) is -2.23. The molecule has 5 N–H and O–H groups in total. The minimum Gasteiger partial charge on any atom is -0.772 e. The molecule has 0 aliphatic heterocycles. The number of hydrogen-bond acceptors (Lipinski definition) is 6. The molecule has 1 unspecified atom stereocenters. The SMILES string of the molecule is CC(=O)Nc1cc([As](=O)(O)O)ccc1O.O=S([O-])CCO. The molecule has 1 amide bonds. The van der Waals surface area contributed by atoms with Crippen molar-refractivity contribution in [1.82, 2.24) is 0 Å². The fourth-order valence-corrected chi connectivity index (χ4v) is 2.41. The maximum Gasteiger partial charge on any atom is 0.0535 e. The van der Waals surface area contributed by atoms with Crippen molar-refractivity contribution in [3.8, 4) is 5.75 Å². The summed E-state index contributed by atoms with van der Waals surface area (Å²) in [5.41, 5.74) is -0.00951. The van der Waals surface area contributed by atoms with E-state index in [4.69, 9.17) is 13.3 Å². The number of anilines is 1. The van der Waals surface area contributed by atoms with Crippen LogP contribution in [0.25, 0.3) is 0 Å². The number of aliphatic hydroxyl groups is 1. The van der Waals surface area contributed by atoms with Gasteiger partial charge in [-0.2, -0.15) is 0 Å². The Kier molecular flexibility index (Phi) is 8.48. The number of rotatable bonds is 4. The number of aromatic hydroxyl groups is 1. The van der Waals surface area contributed by atoms with Crippen LogP contribution in [0.2, 0.25) is 0 Å². The number of benzene rings is 1. The maximum absolute atomic E-state index is 10.9. The van der Waals surface area contributed by atoms with Crippen molar-refractivity contribution in [3.63, 3.8) is 0 Å². The summed E-state index contributed by atoms with van der Waals surface area (Å²) in [6, 6.07) is 3.32. The average molecular weight is 384 g/mol. The maximum atomic E-state index is 10.9. The van der Waals surface area contributed by atoms with Crippen LogP contribution in [0, 0.1) is 0 Å². The van der Waals surface area contributed by atoms with E-state index < -0.39 is 31.2 Å². The van der Waals surface area contributed by atoms with Gasteiger partial charge in [0.05, 0.1) is 6.61 Å². The van der Waals surface area contributed by atoms with Gasteiger partial charge in [-0.05, 0) is 0 Å². The van der Waals surface area contributed by atoms with Gasteiger partial charge in [-0.25, -0.2) is 0 Å². The Morgan fingerprint density at radius 2 is 2.00 bits per heavy atom. The molecule has 21 heavy (non-hydrogen) atoms. The Labute approximate surface area is 125 Å². The van der Waals surface area contributed by atoms with Gasteiger partial charge in [-0.1, -0.05) is 11.1 Å². The summed E-state index contributed by atoms with van der Waals surface area (Å²) in [5.74, 6) is -0.821. The summed E-state index contributed by atoms with van der Waals surface area (Å²) in [6.07, 6.45) is 0. The topological polar surface area (TPSA) is 167 Å². The van der Waals surface area contributed by atoms with Crippen LogP contribution in [0.15, 0.2) is 18.2 Å². The molecular weight excluding hydrogens is 369 g/mol. The predicted molar refractivity (Wildman–Crippen MR) is 73.8 cm³/mol. The Hall–Kier alpha value is -1.16. The van der Waals surface area contributed by atoms with Gasteiger partial charge < -0.3 is 9.66 Å². The van der Waals surface area contributed by atoms with Crippen molar-refractivity contribution in [3.05, 3.63) is 18.2 Å². The summed E-state index contributed by atoms with van der Waals surface area (Å²) >= 11 is -7.05. The second kappa shape index (κ2) is 8.98. The van der Waals surface area contributed by atoms with Crippen LogP contribution in [0.5, 0.6) is 5.75 Å². The smallest absolute Gasteiger partial charge is 0.0535 e. The third-order valence-corrected chi connectivity index (χ3v) is 4.40. The van der Waals surface area contributed by atoms with E-state index in [1.54, 1.807) is 0 Å². The van der Waals surface area contributed by atoms with Crippen LogP contribution in [-0.2, 0) is 19.6 Å². The summed E-state index contributed by atoms with van der Waals surface area (Å²) in [7, 11) is 0. The number of hydrogen-bond donors (Lipinski definition) is 5. The van der Waals surface area contributed by atoms with E-state index in [0.29, 0.717) is 0 Å². The number of nitrogens with one attached hydrogen (secondary N) is 1. The number of amides is 1. The minimum absolute atomic E-state index is 0.00951. The quantitative estimate of drug-likeness (QED) is 0.221. The molecule has 0 radical (unpaired) electrons. The molecule has 1 aromatic rings. The van der Waals surface area contributed by atoms with Crippen LogP contribution in [-0.4, -0.2) is 59.6 Å². The van der Waals surface area contributed by atoms with Gasteiger partial charge in [0.25, 0.3) is 0 Å². The summed E-state index contributed by atoms with van der Waals surface area (Å²) in [4.78, 5) is 10.7. The molecule has 0 heterocycles. The molecule has 0 fully saturated rings. The Morgan fingerprint density at radius 3 is 2.33 bits per heavy atom. The molecule has 0 aromatic heterocycles. The third-order valence-electron chi connectivity index (χ3n) is 1.89. The first-order valence-electron chi connectivity index (χ1n) is 5.41. The monoisotopic (exact) mass is 384 g/mol. The molecule has 120 valence electrons. The van der Waals surface area contributed by atoms with Crippen molar-refractivity contribution >= 4 is 41.2 Å². The molecule has 0 bridgehead atoms. The number of phenols is 1. The van der Waals surface area contributed by atoms with Crippen molar-refractivity contribution < 1.29 is 35.7 Å².